The van der Waals surface area contributed by atoms with Crippen LogP contribution in [0, 0.1) is 10.1 Å². The molecule has 10 nitrogen and oxygen atoms in total. The van der Waals surface area contributed by atoms with Gasteiger partial charge in [-0.25, -0.2) is 0 Å². The van der Waals surface area contributed by atoms with Crippen LogP contribution in [0.15, 0.2) is 52.1 Å². The van der Waals surface area contributed by atoms with Gasteiger partial charge in [-0.1, -0.05) is 11.8 Å². The van der Waals surface area contributed by atoms with E-state index in [1.54, 1.807) is 18.2 Å². The van der Waals surface area contributed by atoms with Crippen molar-refractivity contribution >= 4 is 29.0 Å². The molecular weight excluding hydrogens is 424 g/mol. The predicted molar refractivity (Wildman–Crippen MR) is 115 cm³/mol. The Morgan fingerprint density at radius 1 is 1.13 bits per heavy atom. The van der Waals surface area contributed by atoms with Gasteiger partial charge in [-0.2, -0.15) is 0 Å². The van der Waals surface area contributed by atoms with Crippen molar-refractivity contribution in [2.24, 2.45) is 0 Å². The molecule has 0 aliphatic carbocycles. The molecule has 0 spiro atoms. The van der Waals surface area contributed by atoms with Crippen LogP contribution in [-0.2, 0) is 4.79 Å². The lowest BCUT2D eigenvalue weighted by atomic mass is 10.2. The zero-order chi connectivity index (χ0) is 22.2. The second kappa shape index (κ2) is 10.4. The van der Waals surface area contributed by atoms with Gasteiger partial charge in [0, 0.05) is 23.8 Å². The largest absolute Gasteiger partial charge is 0.494 e. The SMILES string of the molecule is CCOc1ccc(OCC)c(NC(=O)CSc2nnc(-c3ccc([N+](=O)[O-])cc3)o2)c1. The number of thioether (sulfide) groups is 1. The molecule has 0 atom stereocenters. The molecule has 31 heavy (non-hydrogen) atoms. The number of nitro benzene ring substituents is 1. The summed E-state index contributed by atoms with van der Waals surface area (Å²) in [5, 5.41) is 21.6. The maximum absolute atomic E-state index is 12.4. The van der Waals surface area contributed by atoms with Crippen molar-refractivity contribution in [2.45, 2.75) is 19.1 Å². The van der Waals surface area contributed by atoms with Crippen molar-refractivity contribution in [1.82, 2.24) is 10.2 Å². The van der Waals surface area contributed by atoms with Gasteiger partial charge in [0.05, 0.1) is 29.6 Å². The number of nitro groups is 1. The van der Waals surface area contributed by atoms with Crippen LogP contribution in [0.2, 0.25) is 0 Å². The molecule has 3 rings (SSSR count). The number of non-ortho nitro benzene ring substituents is 1. The molecule has 1 aromatic heterocycles. The van der Waals surface area contributed by atoms with E-state index in [0.717, 1.165) is 11.8 Å². The van der Waals surface area contributed by atoms with Gasteiger partial charge in [-0.05, 0) is 38.1 Å². The van der Waals surface area contributed by atoms with Crippen molar-refractivity contribution in [1.29, 1.82) is 0 Å². The third-order valence-electron chi connectivity index (χ3n) is 3.89. The molecular formula is C20H20N4O6S. The van der Waals surface area contributed by atoms with E-state index < -0.39 is 4.92 Å². The van der Waals surface area contributed by atoms with E-state index in [-0.39, 0.29) is 28.5 Å². The molecule has 0 unspecified atom stereocenters. The Kier molecular flexibility index (Phi) is 7.44. The average molecular weight is 444 g/mol. The molecule has 1 heterocycles. The number of nitrogens with one attached hydrogen (secondary N) is 1. The second-order valence-corrected chi connectivity index (χ2v) is 6.96. The molecule has 0 fully saturated rings. The van der Waals surface area contributed by atoms with Crippen LogP contribution < -0.4 is 14.8 Å². The number of carbonyl (C=O) groups excluding carboxylic acids is 1. The maximum atomic E-state index is 12.4. The zero-order valence-electron chi connectivity index (χ0n) is 16.9. The number of aromatic nitrogens is 2. The summed E-state index contributed by atoms with van der Waals surface area (Å²) in [4.78, 5) is 22.7. The van der Waals surface area contributed by atoms with Gasteiger partial charge in [0.1, 0.15) is 11.5 Å². The third-order valence-corrected chi connectivity index (χ3v) is 4.71. The van der Waals surface area contributed by atoms with E-state index in [1.165, 1.54) is 24.3 Å². The summed E-state index contributed by atoms with van der Waals surface area (Å²) in [5.41, 5.74) is 1.02. The number of carbonyl (C=O) groups is 1. The Balaban J connectivity index is 1.61. The normalized spacial score (nSPS) is 10.5. The fourth-order valence-corrected chi connectivity index (χ4v) is 3.13. The summed E-state index contributed by atoms with van der Waals surface area (Å²) in [6.45, 7) is 4.70. The van der Waals surface area contributed by atoms with Crippen molar-refractivity contribution in [3.05, 3.63) is 52.6 Å². The lowest BCUT2D eigenvalue weighted by Crippen LogP contribution is -2.15. The van der Waals surface area contributed by atoms with Gasteiger partial charge in [0.15, 0.2) is 0 Å². The van der Waals surface area contributed by atoms with E-state index in [4.69, 9.17) is 13.9 Å². The highest BCUT2D eigenvalue weighted by atomic mass is 32.2. The van der Waals surface area contributed by atoms with Crippen LogP contribution in [0.1, 0.15) is 13.8 Å². The van der Waals surface area contributed by atoms with Crippen molar-refractivity contribution in [3.8, 4) is 23.0 Å². The molecule has 162 valence electrons. The quantitative estimate of drug-likeness (QED) is 0.278. The average Bonchev–Trinajstić information content (AvgIpc) is 3.24. The van der Waals surface area contributed by atoms with Crippen LogP contribution in [0.3, 0.4) is 0 Å². The monoisotopic (exact) mass is 444 g/mol. The topological polar surface area (TPSA) is 130 Å². The van der Waals surface area contributed by atoms with Gasteiger partial charge in [-0.3, -0.25) is 14.9 Å². The summed E-state index contributed by atoms with van der Waals surface area (Å²) in [5.74, 6) is 1.13. The molecule has 0 radical (unpaired) electrons. The first kappa shape index (κ1) is 22.1. The number of ether oxygens (including phenoxy) is 2. The Morgan fingerprint density at radius 2 is 1.87 bits per heavy atom. The van der Waals surface area contributed by atoms with Crippen LogP contribution in [-0.4, -0.2) is 40.0 Å². The molecule has 2 aromatic carbocycles. The minimum Gasteiger partial charge on any atom is -0.494 e. The Hall–Kier alpha value is -3.60. The Labute approximate surface area is 182 Å². The van der Waals surface area contributed by atoms with Crippen LogP contribution in [0.25, 0.3) is 11.5 Å². The smallest absolute Gasteiger partial charge is 0.277 e. The van der Waals surface area contributed by atoms with Crippen molar-refractivity contribution in [3.63, 3.8) is 0 Å². The molecule has 0 saturated carbocycles. The van der Waals surface area contributed by atoms with E-state index in [1.807, 2.05) is 13.8 Å². The first-order valence-corrected chi connectivity index (χ1v) is 10.4. The van der Waals surface area contributed by atoms with Crippen LogP contribution in [0.4, 0.5) is 11.4 Å². The fourth-order valence-electron chi connectivity index (χ4n) is 2.57. The minimum absolute atomic E-state index is 0.0330. The lowest BCUT2D eigenvalue weighted by Gasteiger charge is -2.13. The first-order valence-electron chi connectivity index (χ1n) is 9.40. The summed E-state index contributed by atoms with van der Waals surface area (Å²) in [6, 6.07) is 11.0. The van der Waals surface area contributed by atoms with E-state index >= 15 is 0 Å². The van der Waals surface area contributed by atoms with Gasteiger partial charge in [-0.15, -0.1) is 10.2 Å². The number of hydrogen-bond donors (Lipinski definition) is 1. The number of anilines is 1. The van der Waals surface area contributed by atoms with Crippen LogP contribution in [0.5, 0.6) is 11.5 Å². The summed E-state index contributed by atoms with van der Waals surface area (Å²) >= 11 is 1.07. The van der Waals surface area contributed by atoms with Crippen LogP contribution >= 0.6 is 11.8 Å². The lowest BCUT2D eigenvalue weighted by molar-refractivity contribution is -0.384. The van der Waals surface area contributed by atoms with Gasteiger partial charge >= 0.3 is 0 Å². The summed E-state index contributed by atoms with van der Waals surface area (Å²) in [6.07, 6.45) is 0. The number of hydrogen-bond acceptors (Lipinski definition) is 9. The number of benzene rings is 2. The zero-order valence-corrected chi connectivity index (χ0v) is 17.7. The van der Waals surface area contributed by atoms with Crippen molar-refractivity contribution in [2.75, 3.05) is 24.3 Å². The summed E-state index contributed by atoms with van der Waals surface area (Å²) in [7, 11) is 0. The Bertz CT molecular complexity index is 1050. The highest BCUT2D eigenvalue weighted by Gasteiger charge is 2.14. The number of amides is 1. The Morgan fingerprint density at radius 3 is 2.55 bits per heavy atom. The van der Waals surface area contributed by atoms with Gasteiger partial charge in [0.25, 0.3) is 10.9 Å². The highest BCUT2D eigenvalue weighted by molar-refractivity contribution is 7.99. The van der Waals surface area contributed by atoms with Crippen molar-refractivity contribution < 1.29 is 23.6 Å². The van der Waals surface area contributed by atoms with Gasteiger partial charge in [0.2, 0.25) is 11.8 Å². The third kappa shape index (κ3) is 5.95. The fraction of sp³-hybridized carbons (Fsp3) is 0.250. The molecule has 0 bridgehead atoms. The highest BCUT2D eigenvalue weighted by Crippen LogP contribution is 2.30. The molecule has 1 amide bonds. The molecule has 11 heteroatoms. The standard InChI is InChI=1S/C20H20N4O6S/c1-3-28-15-9-10-17(29-4-2)16(11-15)21-18(25)12-31-20-23-22-19(30-20)13-5-7-14(8-6-13)24(26)27/h5-11H,3-4,12H2,1-2H3,(H,21,25). The van der Waals surface area contributed by atoms with E-state index in [9.17, 15) is 14.9 Å². The maximum Gasteiger partial charge on any atom is 0.277 e. The molecule has 0 aliphatic rings. The predicted octanol–water partition coefficient (Wildman–Crippen LogP) is 4.17. The minimum atomic E-state index is -0.488. The number of nitrogens with zero attached hydrogens (tertiary/aromatic N) is 3. The second-order valence-electron chi connectivity index (χ2n) is 6.04. The molecule has 0 aliphatic heterocycles. The van der Waals surface area contributed by atoms with E-state index in [0.29, 0.717) is 36.0 Å². The first-order chi connectivity index (χ1) is 15.0. The van der Waals surface area contributed by atoms with E-state index in [2.05, 4.69) is 15.5 Å². The molecule has 1 N–H and O–H groups in total. The molecule has 3 aromatic rings. The molecule has 0 saturated heterocycles. The summed E-state index contributed by atoms with van der Waals surface area (Å²) < 4.78 is 16.6. The number of rotatable bonds is 10. The van der Waals surface area contributed by atoms with Gasteiger partial charge < -0.3 is 19.2 Å².